The molecule has 2 N–H and O–H groups in total. The van der Waals surface area contributed by atoms with E-state index in [0.29, 0.717) is 0 Å². The van der Waals surface area contributed by atoms with Gasteiger partial charge in [-0.25, -0.2) is 24.6 Å². The summed E-state index contributed by atoms with van der Waals surface area (Å²) in [6.45, 7) is 8.14. The molecule has 0 aromatic heterocycles. The van der Waals surface area contributed by atoms with Gasteiger partial charge in [-0.3, -0.25) is 0 Å². The summed E-state index contributed by atoms with van der Waals surface area (Å²) in [4.78, 5) is 41.6. The van der Waals surface area contributed by atoms with Crippen molar-refractivity contribution >= 4 is 24.0 Å². The lowest BCUT2D eigenvalue weighted by molar-refractivity contribution is -0.159. The van der Waals surface area contributed by atoms with Gasteiger partial charge >= 0.3 is 17.9 Å². The first-order valence-corrected chi connectivity index (χ1v) is 6.37. The zero-order valence-corrected chi connectivity index (χ0v) is 13.0. The molecule has 0 radical (unpaired) electrons. The Morgan fingerprint density at radius 2 is 1.17 bits per heavy atom. The van der Waals surface area contributed by atoms with Gasteiger partial charge in [0.25, 0.3) is 0 Å². The summed E-state index contributed by atoms with van der Waals surface area (Å²) in [5.41, 5.74) is -1.28. The smallest absolute Gasteiger partial charge is 0.330 e. The van der Waals surface area contributed by atoms with Crippen LogP contribution in [0.15, 0.2) is 38.0 Å². The number of aliphatic hydroxyl groups is 1. The normalized spacial score (nSPS) is 9.21. The van der Waals surface area contributed by atoms with Gasteiger partial charge in [0.05, 0.1) is 12.0 Å². The molecule has 24 heavy (non-hydrogen) atoms. The Hall–Kier alpha value is -3.03. The summed E-state index contributed by atoms with van der Waals surface area (Å²) in [6.07, 6.45) is 3.56. The number of ether oxygens (including phenoxy) is 3. The van der Waals surface area contributed by atoms with Gasteiger partial charge < -0.3 is 19.3 Å². The van der Waals surface area contributed by atoms with Crippen LogP contribution in [0.1, 0.15) is 0 Å². The molecule has 0 aliphatic rings. The number of esters is 3. The summed E-state index contributed by atoms with van der Waals surface area (Å²) in [5.74, 6) is -2.17. The van der Waals surface area contributed by atoms with E-state index in [9.17, 15) is 19.5 Å². The van der Waals surface area contributed by atoms with Crippen molar-refractivity contribution in [2.24, 2.45) is 5.41 Å². The molecule has 0 aliphatic heterocycles. The maximum absolute atomic E-state index is 11.1. The molecule has 132 valence electrons. The van der Waals surface area contributed by atoms with E-state index in [-0.39, 0.29) is 19.8 Å². The number of carbonyl (C=O) groups is 3. The van der Waals surface area contributed by atoms with Crippen LogP contribution < -0.4 is 0 Å². The number of aliphatic hydroxyl groups excluding tert-OH is 1. The van der Waals surface area contributed by atoms with Gasteiger partial charge in [0.1, 0.15) is 19.8 Å². The Morgan fingerprint density at radius 3 is 1.33 bits per heavy atom. The second-order valence-corrected chi connectivity index (χ2v) is 4.20. The Bertz CT molecular complexity index is 446. The molecule has 0 spiro atoms. The second kappa shape index (κ2) is 13.6. The van der Waals surface area contributed by atoms with E-state index in [4.69, 9.17) is 24.4 Å². The highest BCUT2D eigenvalue weighted by atomic mass is 16.6. The molecule has 0 unspecified atom stereocenters. The van der Waals surface area contributed by atoms with Crippen molar-refractivity contribution in [3.8, 4) is 0 Å². The van der Waals surface area contributed by atoms with E-state index < -0.39 is 29.9 Å². The average molecular weight is 341 g/mol. The fourth-order valence-corrected chi connectivity index (χ4v) is 1.11. The lowest BCUT2D eigenvalue weighted by Crippen LogP contribution is -2.42. The third-order valence-corrected chi connectivity index (χ3v) is 2.40. The lowest BCUT2D eigenvalue weighted by atomic mass is 9.92. The van der Waals surface area contributed by atoms with Crippen LogP contribution in [-0.4, -0.2) is 55.5 Å². The molecule has 0 amide bonds. The quantitative estimate of drug-likeness (QED) is 0.187. The zero-order chi connectivity index (χ0) is 19.0. The summed E-state index contributed by atoms with van der Waals surface area (Å²) in [7, 11) is 0. The fourth-order valence-electron chi connectivity index (χ4n) is 1.11. The number of carbonyl (C=O) groups excluding carboxylic acids is 4. The number of hydrogen-bond donors (Lipinski definition) is 2. The van der Waals surface area contributed by atoms with Crippen LogP contribution in [0.3, 0.4) is 0 Å². The Labute approximate surface area is 138 Å². The molecule has 0 saturated heterocycles. The van der Waals surface area contributed by atoms with Gasteiger partial charge in [0.15, 0.2) is 0 Å². The molecular formula is C15H19NO8. The highest BCUT2D eigenvalue weighted by Gasteiger charge is 2.35. The molecule has 0 heterocycles. The van der Waals surface area contributed by atoms with Crippen molar-refractivity contribution in [1.29, 1.82) is 5.41 Å². The second-order valence-electron chi connectivity index (χ2n) is 4.20. The van der Waals surface area contributed by atoms with E-state index >= 15 is 0 Å². The predicted octanol–water partition coefficient (Wildman–Crippen LogP) is 0.0537. The van der Waals surface area contributed by atoms with Crippen molar-refractivity contribution in [1.82, 2.24) is 0 Å². The molecular weight excluding hydrogens is 322 g/mol. The van der Waals surface area contributed by atoms with Crippen molar-refractivity contribution in [3.63, 3.8) is 0 Å². The predicted molar refractivity (Wildman–Crippen MR) is 81.4 cm³/mol. The average Bonchev–Trinajstić information content (AvgIpc) is 2.61. The number of hydrogen-bond acceptors (Lipinski definition) is 9. The monoisotopic (exact) mass is 341 g/mol. The van der Waals surface area contributed by atoms with Crippen LogP contribution in [0.2, 0.25) is 0 Å². The van der Waals surface area contributed by atoms with Crippen molar-refractivity contribution in [2.75, 3.05) is 26.4 Å². The largest absolute Gasteiger partial charge is 0.462 e. The highest BCUT2D eigenvalue weighted by molar-refractivity contribution is 5.82. The van der Waals surface area contributed by atoms with Crippen LogP contribution >= 0.6 is 0 Å². The van der Waals surface area contributed by atoms with E-state index in [1.54, 1.807) is 0 Å². The SMILES string of the molecule is C=CC(=O)OCC(CO)(COC(=O)C=C)COC(=O)C=C.N=C=O. The van der Waals surface area contributed by atoms with Gasteiger partial charge in [-0.05, 0) is 0 Å². The first-order chi connectivity index (χ1) is 11.3. The van der Waals surface area contributed by atoms with Crippen molar-refractivity contribution in [3.05, 3.63) is 38.0 Å². The molecule has 0 aliphatic carbocycles. The number of isocyanates is 1. The van der Waals surface area contributed by atoms with Crippen LogP contribution in [-0.2, 0) is 33.4 Å². The Morgan fingerprint density at radius 1 is 0.917 bits per heavy atom. The minimum atomic E-state index is -1.28. The van der Waals surface area contributed by atoms with Gasteiger partial charge in [0, 0.05) is 18.2 Å². The molecule has 0 aromatic carbocycles. The maximum atomic E-state index is 11.1. The van der Waals surface area contributed by atoms with Crippen molar-refractivity contribution < 1.29 is 38.5 Å². The minimum absolute atomic E-state index is 0.330. The van der Waals surface area contributed by atoms with Crippen LogP contribution in [0.25, 0.3) is 0 Å². The molecule has 0 rings (SSSR count). The first kappa shape index (κ1) is 23.2. The number of rotatable bonds is 10. The molecule has 0 saturated carbocycles. The molecule has 0 bridgehead atoms. The van der Waals surface area contributed by atoms with Crippen LogP contribution in [0.4, 0.5) is 0 Å². The fraction of sp³-hybridized carbons (Fsp3) is 0.333. The summed E-state index contributed by atoms with van der Waals surface area (Å²) in [5, 5.41) is 14.9. The maximum Gasteiger partial charge on any atom is 0.330 e. The Balaban J connectivity index is 0. The molecule has 0 aromatic rings. The first-order valence-electron chi connectivity index (χ1n) is 6.37. The Kier molecular flexibility index (Phi) is 13.2. The molecule has 9 heteroatoms. The van der Waals surface area contributed by atoms with E-state index in [1.165, 1.54) is 0 Å². The summed E-state index contributed by atoms with van der Waals surface area (Å²) in [6, 6.07) is 0. The molecule has 0 atom stereocenters. The van der Waals surface area contributed by atoms with E-state index in [1.807, 2.05) is 0 Å². The highest BCUT2D eigenvalue weighted by Crippen LogP contribution is 2.19. The van der Waals surface area contributed by atoms with Gasteiger partial charge in [-0.2, -0.15) is 0 Å². The van der Waals surface area contributed by atoms with Crippen LogP contribution in [0.5, 0.6) is 0 Å². The van der Waals surface area contributed by atoms with Gasteiger partial charge in [-0.15, -0.1) is 0 Å². The minimum Gasteiger partial charge on any atom is -0.462 e. The van der Waals surface area contributed by atoms with E-state index in [2.05, 4.69) is 19.7 Å². The summed E-state index contributed by atoms with van der Waals surface area (Å²) >= 11 is 0. The summed E-state index contributed by atoms with van der Waals surface area (Å²) < 4.78 is 14.5. The lowest BCUT2D eigenvalue weighted by Gasteiger charge is -2.29. The van der Waals surface area contributed by atoms with E-state index in [0.717, 1.165) is 24.3 Å². The molecule has 9 nitrogen and oxygen atoms in total. The zero-order valence-electron chi connectivity index (χ0n) is 13.0. The number of nitrogens with one attached hydrogen (secondary N) is 1. The van der Waals surface area contributed by atoms with Crippen molar-refractivity contribution in [2.45, 2.75) is 0 Å². The standard InChI is InChI=1S/C14H18O7.CHNO/c1-4-11(16)19-8-14(7-15,9-20-12(17)5-2)10-21-13(18)6-3;2-1-3/h4-6,15H,1-3,7-10H2;2H. The van der Waals surface area contributed by atoms with Gasteiger partial charge in [-0.1, -0.05) is 19.7 Å². The topological polar surface area (TPSA) is 140 Å². The third-order valence-electron chi connectivity index (χ3n) is 2.40. The van der Waals surface area contributed by atoms with Crippen LogP contribution in [0, 0.1) is 10.8 Å². The van der Waals surface area contributed by atoms with Gasteiger partial charge in [0.2, 0.25) is 6.08 Å². The third kappa shape index (κ3) is 10.7. The molecule has 0 fully saturated rings.